The quantitative estimate of drug-likeness (QED) is 0.0689. The molecule has 0 aromatic heterocycles. The molecule has 0 spiro atoms. The summed E-state index contributed by atoms with van der Waals surface area (Å²) in [7, 11) is 6.00. The Morgan fingerprint density at radius 1 is 0.279 bits per heavy atom. The topological polar surface area (TPSA) is 134 Å². The van der Waals surface area contributed by atoms with E-state index in [-0.39, 0.29) is 0 Å². The van der Waals surface area contributed by atoms with Crippen LogP contribution in [0, 0.1) is 47.4 Å². The average molecular weight is 803 g/mol. The van der Waals surface area contributed by atoms with E-state index < -0.39 is 6.10 Å². The van der Waals surface area contributed by atoms with Gasteiger partial charge in [0.25, 0.3) is 0 Å². The summed E-state index contributed by atoms with van der Waals surface area (Å²) in [6.07, 6.45) is -0.521. The van der Waals surface area contributed by atoms with Crippen LogP contribution >= 0.6 is 0 Å². The van der Waals surface area contributed by atoms with Gasteiger partial charge in [-0.3, -0.25) is 5.26 Å². The summed E-state index contributed by atoms with van der Waals surface area (Å²) in [5.74, 6) is 25.3. The van der Waals surface area contributed by atoms with Crippen molar-refractivity contribution >= 4 is 0 Å². The summed E-state index contributed by atoms with van der Waals surface area (Å²) in [5.41, 5.74) is 27.6. The van der Waals surface area contributed by atoms with Crippen LogP contribution in [0.3, 0.4) is 0 Å². The van der Waals surface area contributed by atoms with Crippen molar-refractivity contribution in [2.24, 2.45) is 22.9 Å². The van der Waals surface area contributed by atoms with Crippen LogP contribution in [0.25, 0.3) is 0 Å². The van der Waals surface area contributed by atoms with E-state index in [1.807, 2.05) is 194 Å². The van der Waals surface area contributed by atoms with Crippen molar-refractivity contribution in [2.45, 2.75) is 6.10 Å². The van der Waals surface area contributed by atoms with E-state index in [2.05, 4.69) is 70.3 Å². The largest absolute Gasteiger partial charge is 0.333 e. The highest BCUT2D eigenvalue weighted by atomic mass is 17.1. The van der Waals surface area contributed by atoms with Crippen molar-refractivity contribution < 1.29 is 10.1 Å². The molecule has 0 heterocycles. The smallest absolute Gasteiger partial charge is 0.143 e. The zero-order chi connectivity index (χ0) is 44.3. The van der Waals surface area contributed by atoms with Gasteiger partial charge in [-0.2, -0.15) is 0 Å². The van der Waals surface area contributed by atoms with Gasteiger partial charge >= 0.3 is 0 Å². The fourth-order valence-corrected chi connectivity index (χ4v) is 5.10. The van der Waals surface area contributed by atoms with Crippen LogP contribution in [0.5, 0.6) is 0 Å². The first-order valence-electron chi connectivity index (χ1n) is 19.4. The summed E-state index contributed by atoms with van der Waals surface area (Å²) in [4.78, 5) is 4.70. The van der Waals surface area contributed by atoms with Crippen molar-refractivity contribution in [3.63, 3.8) is 0 Å². The molecule has 0 radical (unpaired) electrons. The molecule has 6 heteroatoms. The van der Waals surface area contributed by atoms with Crippen LogP contribution in [-0.2, 0) is 4.89 Å². The van der Waals surface area contributed by atoms with Gasteiger partial charge in [0, 0.05) is 44.5 Å². The van der Waals surface area contributed by atoms with E-state index in [0.717, 1.165) is 55.6 Å². The first kappa shape index (κ1) is 49.7. The lowest BCUT2D eigenvalue weighted by Gasteiger charge is -2.14. The average Bonchev–Trinajstić information content (AvgIpc) is 3.36. The van der Waals surface area contributed by atoms with Crippen molar-refractivity contribution in [3.8, 4) is 47.4 Å². The Morgan fingerprint density at radius 3 is 0.689 bits per heavy atom. The fourth-order valence-electron chi connectivity index (χ4n) is 5.10. The van der Waals surface area contributed by atoms with Gasteiger partial charge < -0.3 is 22.9 Å². The molecule has 7 aromatic carbocycles. The van der Waals surface area contributed by atoms with Crippen molar-refractivity contribution in [1.82, 2.24) is 0 Å². The highest BCUT2D eigenvalue weighted by molar-refractivity contribution is 5.50. The summed E-state index contributed by atoms with van der Waals surface area (Å²) < 4.78 is 0. The molecule has 0 bridgehead atoms. The van der Waals surface area contributed by atoms with Crippen molar-refractivity contribution in [2.75, 3.05) is 28.2 Å². The van der Waals surface area contributed by atoms with Crippen molar-refractivity contribution in [3.05, 3.63) is 250 Å². The molecule has 61 heavy (non-hydrogen) atoms. The SMILES string of the molecule is C(#Cc1ccc(C#Cc2ccccc2)cc1)c1ccccc1.CN.CN.CN.CN.OOC(c1ccccc1)c1ccc(C#Cc2ccc(C#Cc3ccccc3)cc2)cc1. The third kappa shape index (κ3) is 18.8. The molecule has 1 atom stereocenters. The number of rotatable bonds is 3. The minimum atomic E-state index is -0.521. The van der Waals surface area contributed by atoms with E-state index in [1.165, 1.54) is 28.2 Å². The van der Waals surface area contributed by atoms with E-state index >= 15 is 0 Å². The molecule has 7 rings (SSSR count). The first-order chi connectivity index (χ1) is 30.2. The maximum atomic E-state index is 9.34. The van der Waals surface area contributed by atoms with Gasteiger partial charge in [-0.25, -0.2) is 4.89 Å². The van der Waals surface area contributed by atoms with Gasteiger partial charge in [-0.1, -0.05) is 144 Å². The second kappa shape index (κ2) is 31.5. The van der Waals surface area contributed by atoms with E-state index in [1.54, 1.807) is 0 Å². The van der Waals surface area contributed by atoms with Crippen LogP contribution in [-0.4, -0.2) is 33.4 Å². The van der Waals surface area contributed by atoms with Crippen LogP contribution in [0.15, 0.2) is 194 Å². The zero-order valence-corrected chi connectivity index (χ0v) is 35.2. The van der Waals surface area contributed by atoms with Crippen LogP contribution in [0.1, 0.15) is 61.7 Å². The lowest BCUT2D eigenvalue weighted by atomic mass is 10.0. The molecule has 0 amide bonds. The Kier molecular flexibility index (Phi) is 25.7. The van der Waals surface area contributed by atoms with Gasteiger partial charge in [0.1, 0.15) is 6.10 Å². The number of hydrogen-bond acceptors (Lipinski definition) is 6. The molecule has 6 nitrogen and oxygen atoms in total. The summed E-state index contributed by atoms with van der Waals surface area (Å²) in [5, 5.41) is 9.34. The fraction of sp³-hybridized carbons (Fsp3) is 0.0909. The second-order valence-electron chi connectivity index (χ2n) is 11.8. The zero-order valence-electron chi connectivity index (χ0n) is 35.2. The van der Waals surface area contributed by atoms with E-state index in [4.69, 9.17) is 4.89 Å². The minimum Gasteiger partial charge on any atom is -0.333 e. The second-order valence-corrected chi connectivity index (χ2v) is 11.8. The lowest BCUT2D eigenvalue weighted by Crippen LogP contribution is -2.03. The molecule has 0 aliphatic heterocycles. The van der Waals surface area contributed by atoms with Gasteiger partial charge in [0.05, 0.1) is 0 Å². The Balaban J connectivity index is 0.000000375. The van der Waals surface area contributed by atoms with Crippen LogP contribution < -0.4 is 22.9 Å². The van der Waals surface area contributed by atoms with Gasteiger partial charge in [0.15, 0.2) is 0 Å². The summed E-state index contributed by atoms with van der Waals surface area (Å²) in [6, 6.07) is 63.1. The molecule has 0 aliphatic carbocycles. The predicted octanol–water partition coefficient (Wildman–Crippen LogP) is 8.85. The Morgan fingerprint density at radius 2 is 0.459 bits per heavy atom. The lowest BCUT2D eigenvalue weighted by molar-refractivity contribution is -0.270. The third-order valence-corrected chi connectivity index (χ3v) is 7.92. The molecular formula is C55H54N4O2. The standard InChI is InChI=1S/C29H20O2.C22H14.4CH5N/c30-31-29(27-9-5-2-6-10-27)28-21-19-26(20-22-28)18-17-25-15-13-24(14-16-25)12-11-23-7-3-1-4-8-23;1-3-7-19(8-4-1)11-13-21-15-17-22(18-16-21)14-12-20-9-5-2-6-10-20;4*1-2/h1-10,13-16,19-22,29-30H;1-10,15-18H;4*2H2,1H3. The van der Waals surface area contributed by atoms with Crippen LogP contribution in [0.2, 0.25) is 0 Å². The summed E-state index contributed by atoms with van der Waals surface area (Å²) in [6.45, 7) is 0. The van der Waals surface area contributed by atoms with Gasteiger partial charge in [-0.05, 0) is 136 Å². The predicted molar refractivity (Wildman–Crippen MR) is 255 cm³/mol. The van der Waals surface area contributed by atoms with Crippen molar-refractivity contribution in [1.29, 1.82) is 0 Å². The monoisotopic (exact) mass is 802 g/mol. The Bertz CT molecular complexity index is 2390. The molecule has 0 saturated carbocycles. The normalized spacial score (nSPS) is 9.20. The number of benzene rings is 7. The molecule has 0 saturated heterocycles. The minimum absolute atomic E-state index is 0.521. The molecule has 306 valence electrons. The van der Waals surface area contributed by atoms with E-state index in [0.29, 0.717) is 0 Å². The molecule has 0 fully saturated rings. The maximum Gasteiger partial charge on any atom is 0.143 e. The first-order valence-corrected chi connectivity index (χ1v) is 19.4. The Hall–Kier alpha value is -7.46. The highest BCUT2D eigenvalue weighted by Gasteiger charge is 2.14. The molecule has 9 N–H and O–H groups in total. The molecule has 0 aliphatic rings. The van der Waals surface area contributed by atoms with Gasteiger partial charge in [-0.15, -0.1) is 0 Å². The highest BCUT2D eigenvalue weighted by Crippen LogP contribution is 2.25. The summed E-state index contributed by atoms with van der Waals surface area (Å²) >= 11 is 0. The Labute approximate surface area is 363 Å². The number of hydrogen-bond donors (Lipinski definition) is 5. The molecular weight excluding hydrogens is 749 g/mol. The number of nitrogens with two attached hydrogens (primary N) is 4. The van der Waals surface area contributed by atoms with Gasteiger partial charge in [0.2, 0.25) is 0 Å². The molecule has 1 unspecified atom stereocenters. The third-order valence-electron chi connectivity index (χ3n) is 7.92. The maximum absolute atomic E-state index is 9.34. The van der Waals surface area contributed by atoms with E-state index in [9.17, 15) is 5.26 Å². The van der Waals surface area contributed by atoms with Crippen LogP contribution in [0.4, 0.5) is 0 Å². The molecule has 7 aromatic rings.